The van der Waals surface area contributed by atoms with Gasteiger partial charge in [0.15, 0.2) is 6.29 Å². The smallest absolute Gasteiger partial charge is 0.228 e. The van der Waals surface area contributed by atoms with Gasteiger partial charge in [-0.2, -0.15) is 0 Å². The molecule has 0 radical (unpaired) electrons. The molecule has 2 saturated heterocycles. The molecule has 7 N–H and O–H groups in total. The summed E-state index contributed by atoms with van der Waals surface area (Å²) in [6.07, 6.45) is -7.85. The zero-order chi connectivity index (χ0) is 32.6. The van der Waals surface area contributed by atoms with Crippen LogP contribution in [0.2, 0.25) is 0 Å². The van der Waals surface area contributed by atoms with Crippen LogP contribution in [0.5, 0.6) is 0 Å². The van der Waals surface area contributed by atoms with Crippen LogP contribution in [-0.2, 0) is 29.3 Å². The van der Waals surface area contributed by atoms with E-state index in [0.29, 0.717) is 5.76 Å². The molecule has 0 spiro atoms. The number of unbranched alkanes of at least 4 members (excludes halogenated alkanes) is 2. The lowest BCUT2D eigenvalue weighted by molar-refractivity contribution is -0.357. The minimum Gasteiger partial charge on any atom is -0.466 e. The summed E-state index contributed by atoms with van der Waals surface area (Å²) in [4.78, 5) is 0. The number of allylic oxidation sites excluding steroid dienone is 2. The Bertz CT molecular complexity index is 1230. The van der Waals surface area contributed by atoms with E-state index in [-0.39, 0.29) is 12.0 Å². The lowest BCUT2D eigenvalue weighted by Gasteiger charge is -2.47. The molecule has 2 unspecified atom stereocenters. The van der Waals surface area contributed by atoms with Crippen molar-refractivity contribution in [3.63, 3.8) is 0 Å². The maximum atomic E-state index is 11.5. The molecule has 12 heteroatoms. The molecule has 12 nitrogen and oxygen atoms in total. The monoisotopic (exact) mass is 636 g/mol. The molecule has 45 heavy (non-hydrogen) atoms. The number of fused-ring (bicyclic) bond motifs is 3. The van der Waals surface area contributed by atoms with Crippen molar-refractivity contribution in [3.8, 4) is 0 Å². The summed E-state index contributed by atoms with van der Waals surface area (Å²) < 4.78 is 30.2. The van der Waals surface area contributed by atoms with Gasteiger partial charge in [-0.05, 0) is 56.4 Å². The SMILES string of the molecule is CCCCCC1=CC2OC(C)(C)c3ccc(C)cc3C2C(O[C@@H]2O[C@H](CO)[C@@H](O)[C@H](O[C@@H]3O[C@H](CO)[C@@H](O)[C@H](O)[C@H]3O)[C@H]2O)=C1. The van der Waals surface area contributed by atoms with Crippen LogP contribution in [0.4, 0.5) is 0 Å². The van der Waals surface area contributed by atoms with Crippen molar-refractivity contribution >= 4 is 0 Å². The normalized spacial score (nSPS) is 39.4. The van der Waals surface area contributed by atoms with Gasteiger partial charge in [-0.3, -0.25) is 0 Å². The molecular weight excluding hydrogens is 588 g/mol. The van der Waals surface area contributed by atoms with E-state index in [1.165, 1.54) is 0 Å². The highest BCUT2D eigenvalue weighted by molar-refractivity contribution is 5.48. The molecule has 1 aromatic carbocycles. The zero-order valence-corrected chi connectivity index (χ0v) is 26.2. The molecule has 0 bridgehead atoms. The first kappa shape index (κ1) is 34.4. The Labute approximate surface area is 263 Å². The Morgan fingerprint density at radius 2 is 1.53 bits per heavy atom. The van der Waals surface area contributed by atoms with Gasteiger partial charge >= 0.3 is 0 Å². The number of hydrogen-bond acceptors (Lipinski definition) is 12. The Kier molecular flexibility index (Phi) is 10.7. The maximum absolute atomic E-state index is 11.5. The Morgan fingerprint density at radius 3 is 2.22 bits per heavy atom. The van der Waals surface area contributed by atoms with Gasteiger partial charge < -0.3 is 59.4 Å². The molecule has 3 heterocycles. The van der Waals surface area contributed by atoms with Gasteiger partial charge in [0.25, 0.3) is 0 Å². The van der Waals surface area contributed by atoms with Gasteiger partial charge in [-0.25, -0.2) is 0 Å². The largest absolute Gasteiger partial charge is 0.466 e. The molecule has 0 aromatic heterocycles. The number of aliphatic hydroxyl groups excluding tert-OH is 7. The topological polar surface area (TPSA) is 188 Å². The van der Waals surface area contributed by atoms with E-state index in [1.807, 2.05) is 39.0 Å². The predicted molar refractivity (Wildman–Crippen MR) is 160 cm³/mol. The first-order valence-corrected chi connectivity index (χ1v) is 15.9. The van der Waals surface area contributed by atoms with Crippen LogP contribution >= 0.6 is 0 Å². The standard InChI is InChI=1S/C33H48O12/c1-5-6-7-8-17-12-20(24-18-11-16(2)9-10-19(18)33(3,4)45-21(24)13-17)41-32-29(40)30(26(37)23(15-35)43-32)44-31-28(39)27(38)25(36)22(14-34)42-31/h9-13,21-32,34-40H,5-8,14-15H2,1-4H3/t21?,22-,23-,24?,25-,26-,27+,28-,29-,30+,31+,32-/m1/s1. The van der Waals surface area contributed by atoms with E-state index in [4.69, 9.17) is 23.7 Å². The molecule has 1 aromatic rings. The van der Waals surface area contributed by atoms with Crippen LogP contribution in [0.25, 0.3) is 0 Å². The van der Waals surface area contributed by atoms with Gasteiger partial charge in [0.05, 0.1) is 30.8 Å². The lowest BCUT2D eigenvalue weighted by atomic mass is 9.76. The first-order chi connectivity index (χ1) is 21.4. The van der Waals surface area contributed by atoms with Crippen molar-refractivity contribution < 1.29 is 59.4 Å². The average Bonchev–Trinajstić information content (AvgIpc) is 3.00. The Balaban J connectivity index is 1.45. The number of aliphatic hydroxyl groups is 7. The molecule has 0 saturated carbocycles. The molecule has 2 fully saturated rings. The summed E-state index contributed by atoms with van der Waals surface area (Å²) in [6, 6.07) is 6.19. The van der Waals surface area contributed by atoms with E-state index in [1.54, 1.807) is 0 Å². The molecule has 5 rings (SSSR count). The summed E-state index contributed by atoms with van der Waals surface area (Å²) in [5.74, 6) is 0.114. The van der Waals surface area contributed by atoms with E-state index in [0.717, 1.165) is 47.9 Å². The fraction of sp³-hybridized carbons (Fsp3) is 0.697. The van der Waals surface area contributed by atoms with E-state index >= 15 is 0 Å². The van der Waals surface area contributed by atoms with Gasteiger partial charge in [0.2, 0.25) is 6.29 Å². The number of rotatable bonds is 10. The molecule has 1 aliphatic carbocycles. The van der Waals surface area contributed by atoms with Crippen molar-refractivity contribution in [2.24, 2.45) is 0 Å². The van der Waals surface area contributed by atoms with Crippen LogP contribution in [0.15, 0.2) is 41.7 Å². The first-order valence-electron chi connectivity index (χ1n) is 15.9. The quantitative estimate of drug-likeness (QED) is 0.179. The van der Waals surface area contributed by atoms with Gasteiger partial charge in [-0.15, -0.1) is 0 Å². The second kappa shape index (κ2) is 14.0. The zero-order valence-electron chi connectivity index (χ0n) is 26.2. The van der Waals surface area contributed by atoms with Crippen molar-refractivity contribution in [1.29, 1.82) is 0 Å². The van der Waals surface area contributed by atoms with Gasteiger partial charge in [0.1, 0.15) is 54.6 Å². The van der Waals surface area contributed by atoms with E-state index < -0.39 is 80.2 Å². The fourth-order valence-corrected chi connectivity index (χ4v) is 6.74. The Hall–Kier alpha value is -1.94. The highest BCUT2D eigenvalue weighted by Gasteiger charge is 2.52. The van der Waals surface area contributed by atoms with Crippen molar-refractivity contribution in [2.45, 2.75) is 132 Å². The fourth-order valence-electron chi connectivity index (χ4n) is 6.74. The van der Waals surface area contributed by atoms with Crippen LogP contribution in [0.1, 0.15) is 69.1 Å². The summed E-state index contributed by atoms with van der Waals surface area (Å²) in [5.41, 5.74) is 3.53. The highest BCUT2D eigenvalue weighted by Crippen LogP contribution is 2.49. The molecule has 4 aliphatic rings. The van der Waals surface area contributed by atoms with Crippen LogP contribution in [0, 0.1) is 6.92 Å². The van der Waals surface area contributed by atoms with Crippen LogP contribution in [-0.4, -0.2) is 116 Å². The number of ether oxygens (including phenoxy) is 5. The third kappa shape index (κ3) is 6.88. The molecular formula is C33H48O12. The molecule has 252 valence electrons. The summed E-state index contributed by atoms with van der Waals surface area (Å²) in [7, 11) is 0. The van der Waals surface area contributed by atoms with Gasteiger partial charge in [-0.1, -0.05) is 49.6 Å². The second-order valence-electron chi connectivity index (χ2n) is 13.0. The van der Waals surface area contributed by atoms with Gasteiger partial charge in [0, 0.05) is 0 Å². The number of hydrogen-bond donors (Lipinski definition) is 7. The minimum absolute atomic E-state index is 0.368. The van der Waals surface area contributed by atoms with Crippen molar-refractivity contribution in [1.82, 2.24) is 0 Å². The highest BCUT2D eigenvalue weighted by atomic mass is 16.7. The van der Waals surface area contributed by atoms with Crippen molar-refractivity contribution in [3.05, 3.63) is 58.4 Å². The predicted octanol–water partition coefficient (Wildman–Crippen LogP) is 0.757. The average molecular weight is 637 g/mol. The lowest BCUT2D eigenvalue weighted by Crippen LogP contribution is -2.64. The third-order valence-electron chi connectivity index (χ3n) is 9.25. The maximum Gasteiger partial charge on any atom is 0.228 e. The second-order valence-corrected chi connectivity index (χ2v) is 13.0. The Morgan fingerprint density at radius 1 is 0.844 bits per heavy atom. The molecule has 0 amide bonds. The molecule has 12 atom stereocenters. The summed E-state index contributed by atoms with van der Waals surface area (Å²) in [5, 5.41) is 73.0. The van der Waals surface area contributed by atoms with Crippen LogP contribution < -0.4 is 0 Å². The van der Waals surface area contributed by atoms with E-state index in [2.05, 4.69) is 19.1 Å². The minimum atomic E-state index is -1.77. The molecule has 3 aliphatic heterocycles. The third-order valence-corrected chi connectivity index (χ3v) is 9.25. The number of aryl methyl sites for hydroxylation is 1. The number of benzene rings is 1. The van der Waals surface area contributed by atoms with E-state index in [9.17, 15) is 35.7 Å². The van der Waals surface area contributed by atoms with Crippen LogP contribution in [0.3, 0.4) is 0 Å². The summed E-state index contributed by atoms with van der Waals surface area (Å²) in [6.45, 7) is 6.89. The van der Waals surface area contributed by atoms with Crippen molar-refractivity contribution in [2.75, 3.05) is 13.2 Å². The summed E-state index contributed by atoms with van der Waals surface area (Å²) >= 11 is 0.